The number of aromatic nitrogens is 1. The molecule has 1 aliphatic rings. The van der Waals surface area contributed by atoms with Crippen molar-refractivity contribution in [2.45, 2.75) is 26.3 Å². The third kappa shape index (κ3) is 2.59. The van der Waals surface area contributed by atoms with E-state index in [9.17, 15) is 10.1 Å². The van der Waals surface area contributed by atoms with Crippen LogP contribution < -0.4 is 10.6 Å². The first-order chi connectivity index (χ1) is 8.47. The van der Waals surface area contributed by atoms with Gasteiger partial charge >= 0.3 is 0 Å². The number of anilines is 1. The monoisotopic (exact) mass is 250 g/mol. The molecule has 0 aromatic carbocycles. The van der Waals surface area contributed by atoms with Crippen LogP contribution in [0.3, 0.4) is 0 Å². The van der Waals surface area contributed by atoms with Gasteiger partial charge in [0.1, 0.15) is 11.5 Å². The molecule has 2 rings (SSSR count). The van der Waals surface area contributed by atoms with E-state index in [1.807, 2.05) is 0 Å². The third-order valence-electron chi connectivity index (χ3n) is 3.26. The van der Waals surface area contributed by atoms with Crippen LogP contribution in [-0.2, 0) is 0 Å². The maximum atomic E-state index is 10.7. The predicted molar refractivity (Wildman–Crippen MR) is 69.6 cm³/mol. The molecular formula is C12H18N4O2. The minimum absolute atomic E-state index is 0.0631. The Hall–Kier alpha value is -1.69. The van der Waals surface area contributed by atoms with E-state index in [4.69, 9.17) is 5.73 Å². The molecule has 1 fully saturated rings. The van der Waals surface area contributed by atoms with E-state index < -0.39 is 4.92 Å². The highest BCUT2D eigenvalue weighted by molar-refractivity contribution is 5.47. The van der Waals surface area contributed by atoms with Gasteiger partial charge in [0.05, 0.1) is 4.92 Å². The summed E-state index contributed by atoms with van der Waals surface area (Å²) in [5, 5.41) is 10.7. The highest BCUT2D eigenvalue weighted by Gasteiger charge is 2.24. The minimum Gasteiger partial charge on any atom is -0.355 e. The molecule has 6 heteroatoms. The quantitative estimate of drug-likeness (QED) is 0.634. The molecule has 0 saturated carbocycles. The summed E-state index contributed by atoms with van der Waals surface area (Å²) in [7, 11) is 0. The number of pyridine rings is 1. The Morgan fingerprint density at radius 3 is 2.78 bits per heavy atom. The van der Waals surface area contributed by atoms with Gasteiger partial charge in [0, 0.05) is 25.2 Å². The van der Waals surface area contributed by atoms with Crippen molar-refractivity contribution in [2.24, 2.45) is 11.7 Å². The molecule has 2 atom stereocenters. The average molecular weight is 250 g/mol. The van der Waals surface area contributed by atoms with E-state index in [0.717, 1.165) is 25.3 Å². The molecule has 0 amide bonds. The average Bonchev–Trinajstić information content (AvgIpc) is 2.26. The molecule has 1 saturated heterocycles. The highest BCUT2D eigenvalue weighted by atomic mass is 16.6. The van der Waals surface area contributed by atoms with Gasteiger partial charge in [0.15, 0.2) is 0 Å². The second-order valence-electron chi connectivity index (χ2n) is 5.04. The van der Waals surface area contributed by atoms with E-state index >= 15 is 0 Å². The van der Waals surface area contributed by atoms with Crippen LogP contribution in [0.4, 0.5) is 11.5 Å². The lowest BCUT2D eigenvalue weighted by Crippen LogP contribution is -2.46. The number of rotatable bonds is 2. The van der Waals surface area contributed by atoms with Crippen molar-refractivity contribution >= 4 is 11.5 Å². The topological polar surface area (TPSA) is 85.3 Å². The lowest BCUT2D eigenvalue weighted by Gasteiger charge is -2.35. The van der Waals surface area contributed by atoms with Gasteiger partial charge in [0.2, 0.25) is 0 Å². The number of hydrogen-bond acceptors (Lipinski definition) is 5. The van der Waals surface area contributed by atoms with Crippen LogP contribution in [-0.4, -0.2) is 29.0 Å². The summed E-state index contributed by atoms with van der Waals surface area (Å²) in [5.41, 5.74) is 6.50. The van der Waals surface area contributed by atoms with Gasteiger partial charge in [-0.25, -0.2) is 4.98 Å². The summed E-state index contributed by atoms with van der Waals surface area (Å²) in [5.74, 6) is 1.30. The number of hydrogen-bond donors (Lipinski definition) is 1. The summed E-state index contributed by atoms with van der Waals surface area (Å²) in [6.07, 6.45) is 1.02. The molecule has 2 N–H and O–H groups in total. The van der Waals surface area contributed by atoms with Crippen molar-refractivity contribution in [1.82, 2.24) is 4.98 Å². The summed E-state index contributed by atoms with van der Waals surface area (Å²) < 4.78 is 0. The molecule has 98 valence electrons. The van der Waals surface area contributed by atoms with Crippen molar-refractivity contribution in [3.05, 3.63) is 27.9 Å². The van der Waals surface area contributed by atoms with Gasteiger partial charge in [-0.15, -0.1) is 0 Å². The maximum absolute atomic E-state index is 10.7. The molecule has 0 radical (unpaired) electrons. The third-order valence-corrected chi connectivity index (χ3v) is 3.26. The molecule has 6 nitrogen and oxygen atoms in total. The Kier molecular flexibility index (Phi) is 3.47. The number of piperidine rings is 1. The Morgan fingerprint density at radius 1 is 1.50 bits per heavy atom. The van der Waals surface area contributed by atoms with Crippen LogP contribution in [0.25, 0.3) is 0 Å². The predicted octanol–water partition coefficient (Wildman–Crippen LogP) is 1.47. The van der Waals surface area contributed by atoms with Crippen molar-refractivity contribution in [2.75, 3.05) is 18.0 Å². The fraction of sp³-hybridized carbons (Fsp3) is 0.583. The Balaban J connectivity index is 2.23. The summed E-state index contributed by atoms with van der Waals surface area (Å²) in [4.78, 5) is 16.8. The Bertz CT molecular complexity index is 453. The van der Waals surface area contributed by atoms with E-state index in [2.05, 4.69) is 16.8 Å². The maximum Gasteiger partial charge on any atom is 0.290 e. The smallest absolute Gasteiger partial charge is 0.290 e. The fourth-order valence-corrected chi connectivity index (χ4v) is 2.50. The molecule has 2 unspecified atom stereocenters. The first-order valence-electron chi connectivity index (χ1n) is 6.10. The molecular weight excluding hydrogens is 232 g/mol. The van der Waals surface area contributed by atoms with Gasteiger partial charge in [-0.3, -0.25) is 10.1 Å². The normalized spacial score (nSPS) is 24.1. The minimum atomic E-state index is -0.406. The van der Waals surface area contributed by atoms with Crippen molar-refractivity contribution in [3.8, 4) is 0 Å². The lowest BCUT2D eigenvalue weighted by molar-refractivity contribution is -0.385. The number of aryl methyl sites for hydroxylation is 1. The van der Waals surface area contributed by atoms with Crippen molar-refractivity contribution < 1.29 is 4.92 Å². The van der Waals surface area contributed by atoms with Crippen LogP contribution in [0.15, 0.2) is 12.1 Å². The summed E-state index contributed by atoms with van der Waals surface area (Å²) in [6, 6.07) is 3.37. The van der Waals surface area contributed by atoms with Crippen LogP contribution in [0, 0.1) is 23.0 Å². The standard InChI is InChI=1S/C12H18N4O2/c1-8-5-10(13)7-15(6-8)12-4-3-11(16(17)18)9(2)14-12/h3-4,8,10H,5-7,13H2,1-2H3. The largest absolute Gasteiger partial charge is 0.355 e. The van der Waals surface area contributed by atoms with Gasteiger partial charge in [-0.05, 0) is 25.3 Å². The molecule has 1 aromatic heterocycles. The highest BCUT2D eigenvalue weighted by Crippen LogP contribution is 2.24. The molecule has 1 aliphatic heterocycles. The zero-order chi connectivity index (χ0) is 13.3. The Morgan fingerprint density at radius 2 is 2.22 bits per heavy atom. The van der Waals surface area contributed by atoms with Gasteiger partial charge in [0.25, 0.3) is 5.69 Å². The van der Waals surface area contributed by atoms with Crippen LogP contribution >= 0.6 is 0 Å². The molecule has 0 bridgehead atoms. The molecule has 18 heavy (non-hydrogen) atoms. The Labute approximate surface area is 106 Å². The van der Waals surface area contributed by atoms with Crippen LogP contribution in [0.1, 0.15) is 19.0 Å². The van der Waals surface area contributed by atoms with Crippen molar-refractivity contribution in [3.63, 3.8) is 0 Å². The molecule has 0 aliphatic carbocycles. The van der Waals surface area contributed by atoms with Gasteiger partial charge in [-0.2, -0.15) is 0 Å². The number of nitrogens with two attached hydrogens (primary N) is 1. The first kappa shape index (κ1) is 12.8. The van der Waals surface area contributed by atoms with Gasteiger partial charge < -0.3 is 10.6 Å². The van der Waals surface area contributed by atoms with Crippen LogP contribution in [0.2, 0.25) is 0 Å². The fourth-order valence-electron chi connectivity index (χ4n) is 2.50. The zero-order valence-corrected chi connectivity index (χ0v) is 10.7. The molecule has 1 aromatic rings. The van der Waals surface area contributed by atoms with E-state index in [1.165, 1.54) is 6.07 Å². The lowest BCUT2D eigenvalue weighted by atomic mass is 9.96. The second kappa shape index (κ2) is 4.89. The first-order valence-corrected chi connectivity index (χ1v) is 6.10. The van der Waals surface area contributed by atoms with E-state index in [1.54, 1.807) is 13.0 Å². The molecule has 2 heterocycles. The van der Waals surface area contributed by atoms with E-state index in [0.29, 0.717) is 11.6 Å². The second-order valence-corrected chi connectivity index (χ2v) is 5.04. The number of nitro groups is 1. The van der Waals surface area contributed by atoms with E-state index in [-0.39, 0.29) is 11.7 Å². The summed E-state index contributed by atoms with van der Waals surface area (Å²) in [6.45, 7) is 5.48. The van der Waals surface area contributed by atoms with Crippen molar-refractivity contribution in [1.29, 1.82) is 0 Å². The van der Waals surface area contributed by atoms with Gasteiger partial charge in [-0.1, -0.05) is 6.92 Å². The molecule has 0 spiro atoms. The number of nitrogens with zero attached hydrogens (tertiary/aromatic N) is 3. The summed E-state index contributed by atoms with van der Waals surface area (Å²) >= 11 is 0. The van der Waals surface area contributed by atoms with Crippen LogP contribution in [0.5, 0.6) is 0 Å². The zero-order valence-electron chi connectivity index (χ0n) is 10.7. The SMILES string of the molecule is Cc1nc(N2CC(C)CC(N)C2)ccc1[N+](=O)[O-].